The average molecular weight is 173 g/mol. The van der Waals surface area contributed by atoms with Crippen molar-refractivity contribution in [3.8, 4) is 0 Å². The van der Waals surface area contributed by atoms with E-state index in [4.69, 9.17) is 0 Å². The van der Waals surface area contributed by atoms with Crippen molar-refractivity contribution in [1.82, 2.24) is 0 Å². The van der Waals surface area contributed by atoms with Crippen molar-refractivity contribution in [3.05, 3.63) is 48.7 Å². The summed E-state index contributed by atoms with van der Waals surface area (Å²) in [4.78, 5) is 0. The van der Waals surface area contributed by atoms with E-state index in [-0.39, 0.29) is 0 Å². The van der Waals surface area contributed by atoms with Gasteiger partial charge in [-0.2, -0.15) is 0 Å². The number of rotatable bonds is 3. The van der Waals surface area contributed by atoms with Gasteiger partial charge in [0.25, 0.3) is 0 Å². The van der Waals surface area contributed by atoms with Gasteiger partial charge in [0.2, 0.25) is 0 Å². The van der Waals surface area contributed by atoms with Crippen molar-refractivity contribution in [3.63, 3.8) is 0 Å². The van der Waals surface area contributed by atoms with E-state index in [1.54, 1.807) is 6.20 Å². The van der Waals surface area contributed by atoms with Crippen LogP contribution in [-0.4, -0.2) is 0 Å². The zero-order valence-corrected chi connectivity index (χ0v) is 8.17. The Bertz CT molecular complexity index is 324. The van der Waals surface area contributed by atoms with Crippen LogP contribution < -0.4 is 5.32 Å². The Balaban J connectivity index is 3.11. The lowest BCUT2D eigenvalue weighted by atomic mass is 10.1. The normalized spacial score (nSPS) is 11.1. The largest absolute Gasteiger partial charge is 0.362 e. The molecule has 0 bridgehead atoms. The molecule has 0 fully saturated rings. The minimum absolute atomic E-state index is 1.10. The molecule has 1 nitrogen and oxygen atoms in total. The van der Waals surface area contributed by atoms with Crippen molar-refractivity contribution in [2.45, 2.75) is 13.8 Å². The van der Waals surface area contributed by atoms with E-state index in [1.807, 2.05) is 25.1 Å². The van der Waals surface area contributed by atoms with Crippen molar-refractivity contribution in [1.29, 1.82) is 0 Å². The molecule has 0 atom stereocenters. The highest BCUT2D eigenvalue weighted by Gasteiger charge is 1.99. The van der Waals surface area contributed by atoms with E-state index < -0.39 is 0 Å². The molecule has 68 valence electrons. The third kappa shape index (κ3) is 2.22. The van der Waals surface area contributed by atoms with Crippen LogP contribution >= 0.6 is 0 Å². The number of anilines is 1. The summed E-state index contributed by atoms with van der Waals surface area (Å²) in [7, 11) is 0. The molecule has 0 radical (unpaired) electrons. The molecule has 1 aromatic rings. The van der Waals surface area contributed by atoms with Crippen LogP contribution in [0.5, 0.6) is 0 Å². The van der Waals surface area contributed by atoms with Crippen molar-refractivity contribution in [2.24, 2.45) is 0 Å². The van der Waals surface area contributed by atoms with Gasteiger partial charge in [0.05, 0.1) is 0 Å². The van der Waals surface area contributed by atoms with Crippen LogP contribution in [-0.2, 0) is 0 Å². The monoisotopic (exact) mass is 173 g/mol. The second kappa shape index (κ2) is 4.51. The maximum Gasteiger partial charge on any atom is 0.0455 e. The molecule has 1 N–H and O–H groups in total. The average Bonchev–Trinajstić information content (AvgIpc) is 2.18. The fraction of sp³-hybridized carbons (Fsp3) is 0.167. The lowest BCUT2D eigenvalue weighted by Gasteiger charge is -2.08. The predicted octanol–water partition coefficient (Wildman–Crippen LogP) is 3.67. The zero-order chi connectivity index (χ0) is 9.68. The summed E-state index contributed by atoms with van der Waals surface area (Å²) in [5.41, 5.74) is 3.60. The number of nitrogens with one attached hydrogen (secondary N) is 1. The lowest BCUT2D eigenvalue weighted by Crippen LogP contribution is -1.91. The molecule has 0 spiro atoms. The van der Waals surface area contributed by atoms with Crippen molar-refractivity contribution >= 4 is 11.3 Å². The Labute approximate surface area is 79.8 Å². The molecule has 0 amide bonds. The molecule has 1 heteroatoms. The molecule has 13 heavy (non-hydrogen) atoms. The number of para-hydroxylation sites is 1. The molecular weight excluding hydrogens is 158 g/mol. The molecular formula is C12H15N. The van der Waals surface area contributed by atoms with Gasteiger partial charge in [-0.25, -0.2) is 0 Å². The van der Waals surface area contributed by atoms with E-state index in [2.05, 4.69) is 31.0 Å². The Hall–Kier alpha value is -1.50. The van der Waals surface area contributed by atoms with Crippen LogP contribution in [0.15, 0.2) is 43.1 Å². The first kappa shape index (κ1) is 9.59. The molecule has 0 aliphatic heterocycles. The van der Waals surface area contributed by atoms with Gasteiger partial charge in [-0.15, -0.1) is 0 Å². The smallest absolute Gasteiger partial charge is 0.0455 e. The first-order chi connectivity index (χ1) is 6.29. The zero-order valence-electron chi connectivity index (χ0n) is 8.17. The maximum atomic E-state index is 3.65. The van der Waals surface area contributed by atoms with Crippen LogP contribution in [0, 0.1) is 0 Å². The Morgan fingerprint density at radius 1 is 1.38 bits per heavy atom. The van der Waals surface area contributed by atoms with E-state index >= 15 is 0 Å². The molecule has 0 unspecified atom stereocenters. The lowest BCUT2D eigenvalue weighted by molar-refractivity contribution is 1.50. The summed E-state index contributed by atoms with van der Waals surface area (Å²) in [6, 6.07) is 8.19. The highest BCUT2D eigenvalue weighted by molar-refractivity contribution is 5.75. The molecule has 0 heterocycles. The third-order valence-corrected chi connectivity index (χ3v) is 2.04. The van der Waals surface area contributed by atoms with E-state index in [9.17, 15) is 0 Å². The minimum atomic E-state index is 1.10. The molecule has 0 saturated heterocycles. The Kier molecular flexibility index (Phi) is 3.32. The van der Waals surface area contributed by atoms with Gasteiger partial charge in [-0.3, -0.25) is 0 Å². The van der Waals surface area contributed by atoms with Crippen molar-refractivity contribution in [2.75, 3.05) is 5.32 Å². The fourth-order valence-electron chi connectivity index (χ4n) is 1.22. The Morgan fingerprint density at radius 3 is 2.69 bits per heavy atom. The van der Waals surface area contributed by atoms with Gasteiger partial charge in [-0.05, 0) is 31.7 Å². The highest BCUT2D eigenvalue weighted by Crippen LogP contribution is 2.22. The van der Waals surface area contributed by atoms with Gasteiger partial charge >= 0.3 is 0 Å². The van der Waals surface area contributed by atoms with Crippen molar-refractivity contribution < 1.29 is 0 Å². The quantitative estimate of drug-likeness (QED) is 0.735. The second-order valence-electron chi connectivity index (χ2n) is 2.87. The topological polar surface area (TPSA) is 12.0 Å². The number of hydrogen-bond donors (Lipinski definition) is 1. The summed E-state index contributed by atoms with van der Waals surface area (Å²) in [6.07, 6.45) is 3.80. The summed E-state index contributed by atoms with van der Waals surface area (Å²) in [5.74, 6) is 0. The standard InChI is InChI=1S/C12H15N/c1-4-10(3)11-8-6-7-9-12(11)13-5-2/h4-9,13H,2H2,1,3H3/b10-4+. The maximum absolute atomic E-state index is 3.65. The summed E-state index contributed by atoms with van der Waals surface area (Å²) < 4.78 is 0. The highest BCUT2D eigenvalue weighted by atomic mass is 14.8. The van der Waals surface area contributed by atoms with E-state index in [0.717, 1.165) is 5.69 Å². The number of benzene rings is 1. The van der Waals surface area contributed by atoms with Gasteiger partial charge in [-0.1, -0.05) is 30.9 Å². The molecule has 0 aromatic heterocycles. The fourth-order valence-corrected chi connectivity index (χ4v) is 1.22. The molecule has 0 aliphatic carbocycles. The molecule has 0 aliphatic rings. The van der Waals surface area contributed by atoms with E-state index in [1.165, 1.54) is 11.1 Å². The van der Waals surface area contributed by atoms with Crippen LogP contribution in [0.3, 0.4) is 0 Å². The molecule has 0 saturated carbocycles. The molecule has 1 aromatic carbocycles. The number of hydrogen-bond acceptors (Lipinski definition) is 1. The first-order valence-corrected chi connectivity index (χ1v) is 4.39. The van der Waals surface area contributed by atoms with Crippen LogP contribution in [0.25, 0.3) is 5.57 Å². The summed E-state index contributed by atoms with van der Waals surface area (Å²) in [6.45, 7) is 7.79. The van der Waals surface area contributed by atoms with E-state index in [0.29, 0.717) is 0 Å². The van der Waals surface area contributed by atoms with Gasteiger partial charge in [0.1, 0.15) is 0 Å². The van der Waals surface area contributed by atoms with Gasteiger partial charge in [0, 0.05) is 11.3 Å². The molecule has 1 rings (SSSR count). The van der Waals surface area contributed by atoms with Gasteiger partial charge < -0.3 is 5.32 Å². The van der Waals surface area contributed by atoms with Crippen LogP contribution in [0.1, 0.15) is 19.4 Å². The first-order valence-electron chi connectivity index (χ1n) is 4.39. The second-order valence-corrected chi connectivity index (χ2v) is 2.87. The van der Waals surface area contributed by atoms with Crippen LogP contribution in [0.2, 0.25) is 0 Å². The Morgan fingerprint density at radius 2 is 2.08 bits per heavy atom. The van der Waals surface area contributed by atoms with Gasteiger partial charge in [0.15, 0.2) is 0 Å². The van der Waals surface area contributed by atoms with Crippen LogP contribution in [0.4, 0.5) is 5.69 Å². The summed E-state index contributed by atoms with van der Waals surface area (Å²) >= 11 is 0. The number of allylic oxidation sites excluding steroid dienone is 2. The summed E-state index contributed by atoms with van der Waals surface area (Å²) in [5, 5.41) is 3.11. The third-order valence-electron chi connectivity index (χ3n) is 2.04. The minimum Gasteiger partial charge on any atom is -0.362 e. The predicted molar refractivity (Wildman–Crippen MR) is 59.6 cm³/mol. The SMILES string of the molecule is C=CNc1ccccc1/C(C)=C/C.